The number of hydrogen-bond donors (Lipinski definition) is 3. The van der Waals surface area contributed by atoms with E-state index < -0.39 is 0 Å². The molecular weight excluding hydrogens is 543 g/mol. The molecule has 0 saturated carbocycles. The van der Waals surface area contributed by atoms with Crippen molar-refractivity contribution in [2.24, 2.45) is 5.92 Å². The molecule has 0 bridgehead atoms. The summed E-state index contributed by atoms with van der Waals surface area (Å²) in [5.41, 5.74) is 2.87. The van der Waals surface area contributed by atoms with Crippen LogP contribution in [0.25, 0.3) is 5.65 Å². The lowest BCUT2D eigenvalue weighted by atomic mass is 9.97. The van der Waals surface area contributed by atoms with Crippen molar-refractivity contribution >= 4 is 46.6 Å². The molecule has 1 saturated heterocycles. The Hall–Kier alpha value is -4.55. The summed E-state index contributed by atoms with van der Waals surface area (Å²) in [4.78, 5) is 37.6. The average molecular weight is 571 g/mol. The number of aromatic nitrogens is 5. The molecule has 6 rings (SSSR count). The lowest BCUT2D eigenvalue weighted by Gasteiger charge is -2.15. The van der Waals surface area contributed by atoms with Crippen molar-refractivity contribution < 1.29 is 14.0 Å². The Morgan fingerprint density at radius 3 is 2.66 bits per heavy atom. The van der Waals surface area contributed by atoms with Crippen LogP contribution in [-0.4, -0.2) is 60.8 Å². The Bertz CT molecular complexity index is 1700. The molecular formula is C29H27FN8O2S. The zero-order valence-electron chi connectivity index (χ0n) is 22.2. The lowest BCUT2D eigenvalue weighted by molar-refractivity contribution is -0.117. The van der Waals surface area contributed by atoms with Gasteiger partial charge >= 0.3 is 0 Å². The maximum absolute atomic E-state index is 13.2. The largest absolute Gasteiger partial charge is 0.325 e. The van der Waals surface area contributed by atoms with E-state index in [-0.39, 0.29) is 30.0 Å². The van der Waals surface area contributed by atoms with Crippen LogP contribution in [0.2, 0.25) is 0 Å². The third kappa shape index (κ3) is 6.28. The molecule has 1 atom stereocenters. The molecule has 0 aliphatic carbocycles. The third-order valence-corrected chi connectivity index (χ3v) is 7.67. The first kappa shape index (κ1) is 26.7. The number of aryl methyl sites for hydroxylation is 1. The molecule has 1 unspecified atom stereocenters. The third-order valence-electron chi connectivity index (χ3n) is 6.80. The van der Waals surface area contributed by atoms with Gasteiger partial charge in [-0.1, -0.05) is 0 Å². The van der Waals surface area contributed by atoms with E-state index >= 15 is 0 Å². The van der Waals surface area contributed by atoms with Gasteiger partial charge in [0.15, 0.2) is 16.8 Å². The van der Waals surface area contributed by atoms with Crippen LogP contribution in [-0.2, 0) is 4.79 Å². The number of hydrogen-bond acceptors (Lipinski definition) is 8. The second-order valence-corrected chi connectivity index (χ2v) is 10.9. The van der Waals surface area contributed by atoms with Gasteiger partial charge in [0.05, 0.1) is 6.54 Å². The van der Waals surface area contributed by atoms with Gasteiger partial charge in [-0.05, 0) is 92.3 Å². The number of anilines is 3. The summed E-state index contributed by atoms with van der Waals surface area (Å²) < 4.78 is 15.0. The maximum Gasteiger partial charge on any atom is 0.238 e. The van der Waals surface area contributed by atoms with Gasteiger partial charge in [0.25, 0.3) is 0 Å². The summed E-state index contributed by atoms with van der Waals surface area (Å²) in [7, 11) is 0. The number of fused-ring (bicyclic) bond motifs is 1. The Morgan fingerprint density at radius 1 is 1.10 bits per heavy atom. The topological polar surface area (TPSA) is 120 Å². The summed E-state index contributed by atoms with van der Waals surface area (Å²) in [5, 5.41) is 13.9. The van der Waals surface area contributed by atoms with Gasteiger partial charge in [-0.25, -0.2) is 9.37 Å². The molecule has 3 N–H and O–H groups in total. The van der Waals surface area contributed by atoms with E-state index in [4.69, 9.17) is 0 Å². The van der Waals surface area contributed by atoms with Crippen molar-refractivity contribution in [1.29, 1.82) is 0 Å². The zero-order valence-corrected chi connectivity index (χ0v) is 23.0. The van der Waals surface area contributed by atoms with Crippen LogP contribution in [0.5, 0.6) is 0 Å². The van der Waals surface area contributed by atoms with Crippen molar-refractivity contribution in [1.82, 2.24) is 29.5 Å². The minimum absolute atomic E-state index is 0.0137. The summed E-state index contributed by atoms with van der Waals surface area (Å²) in [6.07, 6.45) is 2.56. The van der Waals surface area contributed by atoms with E-state index in [0.717, 1.165) is 16.2 Å². The molecule has 1 aliphatic rings. The van der Waals surface area contributed by atoms with Crippen LogP contribution in [0.4, 0.5) is 21.8 Å². The summed E-state index contributed by atoms with van der Waals surface area (Å²) in [5.74, 6) is 0.536. The normalized spacial score (nSPS) is 15.3. The molecule has 2 aromatic carbocycles. The van der Waals surface area contributed by atoms with Crippen LogP contribution in [0.1, 0.15) is 22.5 Å². The van der Waals surface area contributed by atoms with Gasteiger partial charge in [0, 0.05) is 46.6 Å². The number of halogens is 1. The molecule has 41 heavy (non-hydrogen) atoms. The molecule has 208 valence electrons. The van der Waals surface area contributed by atoms with E-state index in [1.165, 1.54) is 36.0 Å². The molecule has 0 spiro atoms. The molecule has 5 aromatic rings. The fourth-order valence-corrected chi connectivity index (χ4v) is 5.55. The molecule has 0 radical (unpaired) electrons. The predicted octanol–water partition coefficient (Wildman–Crippen LogP) is 4.94. The number of likely N-dealkylation sites (tertiary alicyclic amines) is 1. The average Bonchev–Trinajstić information content (AvgIpc) is 3.71. The second kappa shape index (κ2) is 11.5. The number of rotatable bonds is 9. The molecule has 12 heteroatoms. The number of nitrogens with zero attached hydrogens (tertiary/aromatic N) is 5. The Balaban J connectivity index is 1.04. The van der Waals surface area contributed by atoms with Crippen molar-refractivity contribution in [3.8, 4) is 0 Å². The highest BCUT2D eigenvalue weighted by atomic mass is 32.2. The van der Waals surface area contributed by atoms with Gasteiger partial charge in [0.2, 0.25) is 11.9 Å². The molecule has 1 amide bonds. The number of carbonyl (C=O) groups excluding carboxylic acids is 2. The van der Waals surface area contributed by atoms with Crippen molar-refractivity contribution in [3.63, 3.8) is 0 Å². The van der Waals surface area contributed by atoms with Crippen molar-refractivity contribution in [2.75, 3.05) is 30.3 Å². The number of nitrogens with one attached hydrogen (secondary N) is 3. The SMILES string of the molecule is Cc1cc(Nc2nc(Sc3ccc(NC(=O)CN4CCC(C(=O)c5ccc(F)cc5)C4)cc3)nc3cccn23)n[nH]1. The quantitative estimate of drug-likeness (QED) is 0.213. The van der Waals surface area contributed by atoms with Gasteiger partial charge < -0.3 is 10.6 Å². The standard InChI is InChI=1S/C29H27FN8O2S/c1-18-15-24(36-35-18)32-28-34-29(33-25-3-2-13-38(25)28)41-23-10-8-22(9-11-23)31-26(39)17-37-14-12-20(16-37)27(40)19-4-6-21(30)7-5-19/h2-11,13,15,20H,12,14,16-17H2,1H3,(H,31,39)(H2,32,33,34,35,36). The van der Waals surface area contributed by atoms with Gasteiger partial charge in [0.1, 0.15) is 11.5 Å². The van der Waals surface area contributed by atoms with E-state index in [9.17, 15) is 14.0 Å². The van der Waals surface area contributed by atoms with Crippen LogP contribution in [0.15, 0.2) is 83.0 Å². The number of ketones is 1. The highest BCUT2D eigenvalue weighted by molar-refractivity contribution is 7.99. The smallest absolute Gasteiger partial charge is 0.238 e. The van der Waals surface area contributed by atoms with Crippen LogP contribution >= 0.6 is 11.8 Å². The second-order valence-electron chi connectivity index (χ2n) is 9.89. The van der Waals surface area contributed by atoms with Crippen LogP contribution in [0.3, 0.4) is 0 Å². The lowest BCUT2D eigenvalue weighted by Crippen LogP contribution is -2.32. The van der Waals surface area contributed by atoms with Gasteiger partial charge in [-0.15, -0.1) is 0 Å². The number of H-pyrrole nitrogens is 1. The Kier molecular flexibility index (Phi) is 7.49. The fourth-order valence-electron chi connectivity index (χ4n) is 4.80. The fraction of sp³-hybridized carbons (Fsp3) is 0.207. The Labute approximate surface area is 239 Å². The van der Waals surface area contributed by atoms with Gasteiger partial charge in [-0.2, -0.15) is 10.1 Å². The maximum atomic E-state index is 13.2. The van der Waals surface area contributed by atoms with E-state index in [0.29, 0.717) is 47.7 Å². The van der Waals surface area contributed by atoms with Crippen molar-refractivity contribution in [3.05, 3.63) is 90.0 Å². The molecule has 1 fully saturated rings. The summed E-state index contributed by atoms with van der Waals surface area (Å²) in [6.45, 7) is 3.28. The minimum atomic E-state index is -0.368. The van der Waals surface area contributed by atoms with E-state index in [1.54, 1.807) is 0 Å². The monoisotopic (exact) mass is 570 g/mol. The van der Waals surface area contributed by atoms with Crippen LogP contribution < -0.4 is 10.6 Å². The van der Waals surface area contributed by atoms with E-state index in [2.05, 4.69) is 30.8 Å². The predicted molar refractivity (Wildman–Crippen MR) is 154 cm³/mol. The molecule has 10 nitrogen and oxygen atoms in total. The summed E-state index contributed by atoms with van der Waals surface area (Å²) in [6, 6.07) is 18.8. The van der Waals surface area contributed by atoms with Crippen molar-refractivity contribution in [2.45, 2.75) is 23.4 Å². The Morgan fingerprint density at radius 2 is 1.90 bits per heavy atom. The molecule has 1 aliphatic heterocycles. The number of benzene rings is 2. The zero-order chi connectivity index (χ0) is 28.3. The number of amides is 1. The number of carbonyl (C=O) groups is 2. The summed E-state index contributed by atoms with van der Waals surface area (Å²) >= 11 is 1.41. The number of aromatic amines is 1. The van der Waals surface area contributed by atoms with Crippen LogP contribution in [0, 0.1) is 18.7 Å². The first-order chi connectivity index (χ1) is 19.9. The highest BCUT2D eigenvalue weighted by Gasteiger charge is 2.30. The highest BCUT2D eigenvalue weighted by Crippen LogP contribution is 2.28. The number of Topliss-reactive ketones (excluding diaryl/α,β-unsaturated/α-hetero) is 1. The van der Waals surface area contributed by atoms with Gasteiger partial charge in [-0.3, -0.25) is 24.0 Å². The first-order valence-corrected chi connectivity index (χ1v) is 14.0. The minimum Gasteiger partial charge on any atom is -0.325 e. The van der Waals surface area contributed by atoms with E-state index in [1.807, 2.05) is 64.9 Å². The molecule has 4 heterocycles. The first-order valence-electron chi connectivity index (χ1n) is 13.1. The molecule has 3 aromatic heterocycles.